The van der Waals surface area contributed by atoms with Crippen LogP contribution in [-0.2, 0) is 9.53 Å². The maximum Gasteiger partial charge on any atom is 1.00 e. The standard InChI is InChI=1S/C16H14O11.2K/c17-9-10(18)12(14(22)23)27-16(11(9)19)25-6-2-1-5-3-7(13(20)21)15(24)26-8(5)4-6;;/h1-4,9-12,16-19H,(H,20,21)(H,22,23);;/q;2*+1/p-2/t9-,10-,11+,12-,16+;;/m0../s1. The Labute approximate surface area is 247 Å². The summed E-state index contributed by atoms with van der Waals surface area (Å²) in [6, 6.07) is 4.83. The SMILES string of the molecule is O=C([O-])c1cc2ccc(O[C@@H]3O[C@H](C(=O)[O-])[C@@H](O)[C@H](O)[C@H]3O)cc2oc1=O.[K+].[K+]. The normalized spacial score (nSPS) is 26.1. The number of carboxylic acids is 2. The Morgan fingerprint density at radius 2 is 1.66 bits per heavy atom. The van der Waals surface area contributed by atoms with Gasteiger partial charge in [0.25, 0.3) is 0 Å². The molecule has 0 spiro atoms. The zero-order valence-corrected chi connectivity index (χ0v) is 21.5. The molecule has 1 aromatic carbocycles. The summed E-state index contributed by atoms with van der Waals surface area (Å²) in [6.07, 6.45) is -9.23. The van der Waals surface area contributed by atoms with Crippen molar-refractivity contribution in [1.29, 1.82) is 0 Å². The molecule has 13 heteroatoms. The van der Waals surface area contributed by atoms with E-state index < -0.39 is 53.8 Å². The third kappa shape index (κ3) is 5.95. The van der Waals surface area contributed by atoms with E-state index in [1.165, 1.54) is 12.1 Å². The number of aliphatic carboxylic acids is 1. The molecule has 0 saturated carbocycles. The van der Waals surface area contributed by atoms with Crippen LogP contribution in [0.15, 0.2) is 33.5 Å². The average molecular weight is 458 g/mol. The van der Waals surface area contributed by atoms with Gasteiger partial charge in [0, 0.05) is 11.5 Å². The van der Waals surface area contributed by atoms with E-state index in [1.54, 1.807) is 0 Å². The molecule has 2 aromatic rings. The number of aliphatic hydroxyl groups excluding tert-OH is 3. The summed E-state index contributed by atoms with van der Waals surface area (Å²) < 4.78 is 15.0. The quantitative estimate of drug-likeness (QED) is 0.291. The molecular weight excluding hydrogens is 446 g/mol. The van der Waals surface area contributed by atoms with Crippen molar-refractivity contribution in [2.24, 2.45) is 0 Å². The predicted octanol–water partition coefficient (Wildman–Crippen LogP) is -9.90. The van der Waals surface area contributed by atoms with Gasteiger partial charge in [0.15, 0.2) is 0 Å². The minimum Gasteiger partial charge on any atom is -0.547 e. The molecular formula is C16H12K2O11. The van der Waals surface area contributed by atoms with Crippen molar-refractivity contribution >= 4 is 22.9 Å². The fourth-order valence-corrected chi connectivity index (χ4v) is 2.58. The predicted molar refractivity (Wildman–Crippen MR) is 79.1 cm³/mol. The van der Waals surface area contributed by atoms with Crippen molar-refractivity contribution in [3.05, 3.63) is 40.2 Å². The summed E-state index contributed by atoms with van der Waals surface area (Å²) >= 11 is 0. The van der Waals surface area contributed by atoms with Crippen LogP contribution >= 0.6 is 0 Å². The fraction of sp³-hybridized carbons (Fsp3) is 0.312. The van der Waals surface area contributed by atoms with E-state index >= 15 is 0 Å². The number of benzene rings is 1. The Bertz CT molecular complexity index is 960. The molecule has 2 heterocycles. The van der Waals surface area contributed by atoms with Crippen LogP contribution in [0.25, 0.3) is 11.0 Å². The number of carboxylic acid groups (broad SMARTS) is 2. The Balaban J connectivity index is 0.00000210. The maximum absolute atomic E-state index is 11.6. The van der Waals surface area contributed by atoms with E-state index in [1.807, 2.05) is 0 Å². The number of hydrogen-bond acceptors (Lipinski definition) is 11. The molecule has 1 aliphatic rings. The van der Waals surface area contributed by atoms with Gasteiger partial charge in [0.2, 0.25) is 6.29 Å². The number of carbonyl (C=O) groups excluding carboxylic acids is 2. The second kappa shape index (κ2) is 11.2. The summed E-state index contributed by atoms with van der Waals surface area (Å²) in [6.45, 7) is 0. The molecule has 0 amide bonds. The molecule has 1 fully saturated rings. The fourth-order valence-electron chi connectivity index (χ4n) is 2.58. The molecule has 0 radical (unpaired) electrons. The van der Waals surface area contributed by atoms with Crippen LogP contribution in [0, 0.1) is 0 Å². The van der Waals surface area contributed by atoms with Crippen molar-refractivity contribution in [3.63, 3.8) is 0 Å². The third-order valence-electron chi connectivity index (χ3n) is 3.98. The smallest absolute Gasteiger partial charge is 0.547 e. The maximum atomic E-state index is 11.6. The van der Waals surface area contributed by atoms with E-state index in [2.05, 4.69) is 0 Å². The summed E-state index contributed by atoms with van der Waals surface area (Å²) in [5.74, 6) is -3.58. The molecule has 144 valence electrons. The number of ether oxygens (including phenoxy) is 2. The Hall–Kier alpha value is 0.283. The van der Waals surface area contributed by atoms with Crippen LogP contribution in [0.2, 0.25) is 0 Å². The molecule has 0 aliphatic carbocycles. The number of aliphatic hydroxyl groups is 3. The van der Waals surface area contributed by atoms with Gasteiger partial charge in [-0.3, -0.25) is 0 Å². The minimum atomic E-state index is -1.95. The molecule has 1 aliphatic heterocycles. The van der Waals surface area contributed by atoms with E-state index in [-0.39, 0.29) is 119 Å². The summed E-state index contributed by atoms with van der Waals surface area (Å²) in [4.78, 5) is 33.4. The van der Waals surface area contributed by atoms with Crippen LogP contribution in [0.3, 0.4) is 0 Å². The number of rotatable bonds is 4. The van der Waals surface area contributed by atoms with Gasteiger partial charge in [-0.2, -0.15) is 0 Å². The largest absolute Gasteiger partial charge is 1.00 e. The van der Waals surface area contributed by atoms with Gasteiger partial charge >= 0.3 is 108 Å². The summed E-state index contributed by atoms with van der Waals surface area (Å²) in [5, 5.41) is 51.3. The zero-order chi connectivity index (χ0) is 19.9. The first kappa shape index (κ1) is 27.3. The Morgan fingerprint density at radius 1 is 1.00 bits per heavy atom. The average Bonchev–Trinajstić information content (AvgIpc) is 2.61. The first-order valence-electron chi connectivity index (χ1n) is 7.55. The van der Waals surface area contributed by atoms with Gasteiger partial charge in [-0.15, -0.1) is 0 Å². The van der Waals surface area contributed by atoms with Crippen molar-refractivity contribution in [2.45, 2.75) is 30.7 Å². The first-order valence-corrected chi connectivity index (χ1v) is 7.55. The molecule has 29 heavy (non-hydrogen) atoms. The molecule has 1 aromatic heterocycles. The van der Waals surface area contributed by atoms with Crippen LogP contribution in [-0.4, -0.2) is 58.0 Å². The second-order valence-corrected chi connectivity index (χ2v) is 5.77. The number of fused-ring (bicyclic) bond motifs is 1. The van der Waals surface area contributed by atoms with E-state index in [4.69, 9.17) is 13.9 Å². The molecule has 3 rings (SSSR count). The topological polar surface area (TPSA) is 190 Å². The van der Waals surface area contributed by atoms with Gasteiger partial charge in [0.05, 0.1) is 17.5 Å². The number of aromatic carboxylic acids is 1. The molecule has 0 unspecified atom stereocenters. The second-order valence-electron chi connectivity index (χ2n) is 5.77. The molecule has 11 nitrogen and oxygen atoms in total. The summed E-state index contributed by atoms with van der Waals surface area (Å²) in [5.41, 5.74) is -1.88. The van der Waals surface area contributed by atoms with Crippen LogP contribution in [0.5, 0.6) is 5.75 Å². The number of carbonyl (C=O) groups is 2. The van der Waals surface area contributed by atoms with Gasteiger partial charge in [-0.1, -0.05) is 0 Å². The van der Waals surface area contributed by atoms with Crippen molar-refractivity contribution in [2.75, 3.05) is 0 Å². The molecule has 1 saturated heterocycles. The Morgan fingerprint density at radius 3 is 2.24 bits per heavy atom. The van der Waals surface area contributed by atoms with Crippen LogP contribution in [0.1, 0.15) is 10.4 Å². The Kier molecular flexibility index (Phi) is 10.6. The monoisotopic (exact) mass is 458 g/mol. The molecule has 0 bridgehead atoms. The number of hydrogen-bond donors (Lipinski definition) is 3. The van der Waals surface area contributed by atoms with Crippen molar-refractivity contribution in [1.82, 2.24) is 0 Å². The van der Waals surface area contributed by atoms with Crippen LogP contribution < -0.4 is 123 Å². The van der Waals surface area contributed by atoms with Gasteiger partial charge in [-0.05, 0) is 18.2 Å². The molecule has 5 atom stereocenters. The minimum absolute atomic E-state index is 0. The van der Waals surface area contributed by atoms with Gasteiger partial charge < -0.3 is 49.0 Å². The van der Waals surface area contributed by atoms with E-state index in [9.17, 15) is 39.9 Å². The van der Waals surface area contributed by atoms with Crippen molar-refractivity contribution < 1.29 is 152 Å². The third-order valence-corrected chi connectivity index (χ3v) is 3.98. The van der Waals surface area contributed by atoms with Gasteiger partial charge in [0.1, 0.15) is 35.7 Å². The first-order chi connectivity index (χ1) is 12.7. The zero-order valence-electron chi connectivity index (χ0n) is 15.3. The molecule has 3 N–H and O–H groups in total. The van der Waals surface area contributed by atoms with E-state index in [0.717, 1.165) is 12.1 Å². The van der Waals surface area contributed by atoms with Crippen molar-refractivity contribution in [3.8, 4) is 5.75 Å². The van der Waals surface area contributed by atoms with E-state index in [0.29, 0.717) is 0 Å². The van der Waals surface area contributed by atoms with Gasteiger partial charge in [-0.25, -0.2) is 4.79 Å². The van der Waals surface area contributed by atoms with Crippen LogP contribution in [0.4, 0.5) is 0 Å². The summed E-state index contributed by atoms with van der Waals surface area (Å²) in [7, 11) is 0.